The van der Waals surface area contributed by atoms with Gasteiger partial charge in [0.2, 0.25) is 0 Å². The van der Waals surface area contributed by atoms with Gasteiger partial charge in [0.25, 0.3) is 0 Å². The molecule has 318 valence electrons. The van der Waals surface area contributed by atoms with Crippen LogP contribution in [0.3, 0.4) is 0 Å². The van der Waals surface area contributed by atoms with E-state index in [4.69, 9.17) is 9.97 Å². The Morgan fingerprint density at radius 3 is 1.49 bits per heavy atom. The van der Waals surface area contributed by atoms with Crippen LogP contribution in [0.5, 0.6) is 0 Å². The molecule has 2 heterocycles. The van der Waals surface area contributed by atoms with E-state index in [1.54, 1.807) is 0 Å². The summed E-state index contributed by atoms with van der Waals surface area (Å²) in [6, 6.07) is 92.6. The first-order valence-electron chi connectivity index (χ1n) is 23.2. The fourth-order valence-corrected chi connectivity index (χ4v) is 11.6. The van der Waals surface area contributed by atoms with Crippen LogP contribution < -0.4 is 0 Å². The zero-order chi connectivity index (χ0) is 45.0. The van der Waals surface area contributed by atoms with E-state index >= 15 is 0 Å². The quantitative estimate of drug-likeness (QED) is 0.152. The van der Waals surface area contributed by atoms with Crippen LogP contribution in [0.25, 0.3) is 98.6 Å². The van der Waals surface area contributed by atoms with Crippen LogP contribution in [-0.4, -0.2) is 9.97 Å². The summed E-state index contributed by atoms with van der Waals surface area (Å²) >= 11 is 1.85. The van der Waals surface area contributed by atoms with Crippen LogP contribution in [-0.2, 0) is 5.41 Å². The van der Waals surface area contributed by atoms with Crippen LogP contribution in [0.2, 0.25) is 0 Å². The molecule has 10 aromatic carbocycles. The van der Waals surface area contributed by atoms with Gasteiger partial charge in [0.1, 0.15) is 0 Å². The van der Waals surface area contributed by atoms with Crippen LogP contribution in [0.1, 0.15) is 22.3 Å². The Labute approximate surface area is 400 Å². The first kappa shape index (κ1) is 39.8. The third-order valence-corrected chi connectivity index (χ3v) is 14.9. The molecule has 3 heteroatoms. The number of benzene rings is 10. The first-order chi connectivity index (χ1) is 33.7. The van der Waals surface area contributed by atoms with Gasteiger partial charge >= 0.3 is 0 Å². The number of aromatic nitrogens is 2. The average Bonchev–Trinajstić information content (AvgIpc) is 3.95. The number of hydrogen-bond donors (Lipinski definition) is 0. The van der Waals surface area contributed by atoms with Crippen molar-refractivity contribution in [3.05, 3.63) is 277 Å². The van der Waals surface area contributed by atoms with E-state index in [9.17, 15) is 0 Å². The summed E-state index contributed by atoms with van der Waals surface area (Å²) in [4.78, 5) is 10.6. The molecular weight excluding hydrogens is 841 g/mol. The predicted octanol–water partition coefficient (Wildman–Crippen LogP) is 17.2. The van der Waals surface area contributed by atoms with Gasteiger partial charge in [0, 0.05) is 36.9 Å². The zero-order valence-corrected chi connectivity index (χ0v) is 37.9. The van der Waals surface area contributed by atoms with Crippen molar-refractivity contribution in [1.29, 1.82) is 0 Å². The van der Waals surface area contributed by atoms with E-state index in [0.29, 0.717) is 5.82 Å². The van der Waals surface area contributed by atoms with Gasteiger partial charge in [-0.25, -0.2) is 9.97 Å². The molecule has 1 aliphatic rings. The van der Waals surface area contributed by atoms with Crippen molar-refractivity contribution in [2.75, 3.05) is 0 Å². The Kier molecular flexibility index (Phi) is 9.62. The minimum atomic E-state index is -0.503. The van der Waals surface area contributed by atoms with Crippen molar-refractivity contribution in [1.82, 2.24) is 9.97 Å². The molecule has 2 aromatic heterocycles. The molecule has 0 aliphatic heterocycles. The molecule has 1 aliphatic carbocycles. The topological polar surface area (TPSA) is 25.8 Å². The van der Waals surface area contributed by atoms with Gasteiger partial charge in [-0.05, 0) is 115 Å². The second-order valence-corrected chi connectivity index (χ2v) is 18.8. The fourth-order valence-electron chi connectivity index (χ4n) is 10.6. The Morgan fingerprint density at radius 1 is 0.279 bits per heavy atom. The molecule has 0 radical (unpaired) electrons. The third kappa shape index (κ3) is 6.70. The molecule has 0 atom stereocenters. The molecule has 0 N–H and O–H groups in total. The van der Waals surface area contributed by atoms with Gasteiger partial charge in [-0.2, -0.15) is 0 Å². The number of fused-ring (bicyclic) bond motifs is 6. The molecule has 0 fully saturated rings. The molecule has 12 aromatic rings. The summed E-state index contributed by atoms with van der Waals surface area (Å²) in [5.74, 6) is 0.689. The fraction of sp³-hybridized carbons (Fsp3) is 0.0154. The van der Waals surface area contributed by atoms with E-state index in [0.717, 1.165) is 50.3 Å². The molecular formula is C65H42N2S. The van der Waals surface area contributed by atoms with Gasteiger partial charge in [-0.3, -0.25) is 0 Å². The summed E-state index contributed by atoms with van der Waals surface area (Å²) in [5.41, 5.74) is 18.8. The minimum Gasteiger partial charge on any atom is -0.228 e. The molecule has 68 heavy (non-hydrogen) atoms. The highest BCUT2D eigenvalue weighted by atomic mass is 32.1. The number of rotatable bonds is 8. The van der Waals surface area contributed by atoms with Gasteiger partial charge in [-0.15, -0.1) is 11.3 Å². The van der Waals surface area contributed by atoms with Crippen molar-refractivity contribution >= 4 is 31.5 Å². The van der Waals surface area contributed by atoms with E-state index in [2.05, 4.69) is 249 Å². The lowest BCUT2D eigenvalue weighted by atomic mass is 9.67. The third-order valence-electron chi connectivity index (χ3n) is 13.8. The van der Waals surface area contributed by atoms with Gasteiger partial charge in [-0.1, -0.05) is 206 Å². The molecule has 0 saturated heterocycles. The van der Waals surface area contributed by atoms with E-state index < -0.39 is 5.41 Å². The minimum absolute atomic E-state index is 0.503. The van der Waals surface area contributed by atoms with Crippen molar-refractivity contribution in [3.8, 4) is 78.4 Å². The van der Waals surface area contributed by atoms with Crippen LogP contribution in [0.4, 0.5) is 0 Å². The number of thiophene rings is 1. The summed E-state index contributed by atoms with van der Waals surface area (Å²) in [6.07, 6.45) is 0. The molecule has 0 spiro atoms. The van der Waals surface area contributed by atoms with E-state index in [1.807, 2.05) is 17.4 Å². The van der Waals surface area contributed by atoms with Crippen molar-refractivity contribution in [2.24, 2.45) is 0 Å². The Morgan fingerprint density at radius 2 is 0.765 bits per heavy atom. The Hall–Kier alpha value is -8.50. The maximum absolute atomic E-state index is 5.36. The Bertz CT molecular complexity index is 3780. The second kappa shape index (κ2) is 16.4. The largest absolute Gasteiger partial charge is 0.228 e. The molecule has 0 saturated carbocycles. The normalized spacial score (nSPS) is 12.5. The lowest BCUT2D eigenvalue weighted by Crippen LogP contribution is -2.28. The number of nitrogens with zero attached hydrogens (tertiary/aromatic N) is 2. The predicted molar refractivity (Wildman–Crippen MR) is 285 cm³/mol. The molecule has 13 rings (SSSR count). The van der Waals surface area contributed by atoms with Gasteiger partial charge < -0.3 is 0 Å². The molecule has 0 unspecified atom stereocenters. The van der Waals surface area contributed by atoms with E-state index in [-0.39, 0.29) is 0 Å². The first-order valence-corrected chi connectivity index (χ1v) is 24.0. The van der Waals surface area contributed by atoms with Crippen molar-refractivity contribution in [3.63, 3.8) is 0 Å². The molecule has 2 nitrogen and oxygen atoms in total. The lowest BCUT2D eigenvalue weighted by Gasteiger charge is -2.34. The smallest absolute Gasteiger partial charge is 0.160 e. The standard InChI is InChI=1S/C65H42N2S/c1-5-17-43(18-6-1)49-37-50(48-33-35-55-54-25-13-15-27-58(54)65(59(55)41-48,52-21-9-3-10-22-52)53-23-11-4-12-24-53)39-51(38-49)61-42-60(66-64(67-61)46-19-7-2-8-20-46)45-31-29-44(30-32-45)47-34-36-63-57(40-47)56-26-14-16-28-62(56)68-63/h1-42H. The van der Waals surface area contributed by atoms with Crippen LogP contribution >= 0.6 is 11.3 Å². The van der Waals surface area contributed by atoms with E-state index in [1.165, 1.54) is 64.7 Å². The van der Waals surface area contributed by atoms with Crippen molar-refractivity contribution < 1.29 is 0 Å². The SMILES string of the molecule is c1ccc(-c2cc(-c3ccc4c(c3)C(c3ccccc3)(c3ccccc3)c3ccccc3-4)cc(-c3cc(-c4ccc(-c5ccc6sc7ccccc7c6c5)cc4)nc(-c4ccccc4)n3)c2)cc1. The van der Waals surface area contributed by atoms with Crippen LogP contribution in [0, 0.1) is 0 Å². The number of hydrogen-bond acceptors (Lipinski definition) is 3. The second-order valence-electron chi connectivity index (χ2n) is 17.7. The van der Waals surface area contributed by atoms with Gasteiger partial charge in [0.05, 0.1) is 16.8 Å². The highest BCUT2D eigenvalue weighted by molar-refractivity contribution is 7.25. The highest BCUT2D eigenvalue weighted by Gasteiger charge is 2.46. The van der Waals surface area contributed by atoms with Gasteiger partial charge in [0.15, 0.2) is 5.82 Å². The summed E-state index contributed by atoms with van der Waals surface area (Å²) in [6.45, 7) is 0. The molecule has 0 amide bonds. The van der Waals surface area contributed by atoms with Crippen LogP contribution in [0.15, 0.2) is 255 Å². The Balaban J connectivity index is 0.970. The summed E-state index contributed by atoms with van der Waals surface area (Å²) in [5, 5.41) is 2.61. The monoisotopic (exact) mass is 882 g/mol. The van der Waals surface area contributed by atoms with Crippen molar-refractivity contribution in [2.45, 2.75) is 5.41 Å². The zero-order valence-electron chi connectivity index (χ0n) is 37.1. The summed E-state index contributed by atoms with van der Waals surface area (Å²) < 4.78 is 2.62. The average molecular weight is 883 g/mol. The maximum atomic E-state index is 5.36. The molecule has 0 bridgehead atoms. The maximum Gasteiger partial charge on any atom is 0.160 e. The highest BCUT2D eigenvalue weighted by Crippen LogP contribution is 2.57. The summed E-state index contributed by atoms with van der Waals surface area (Å²) in [7, 11) is 0. The lowest BCUT2D eigenvalue weighted by molar-refractivity contribution is 0.769.